The fourth-order valence-electron chi connectivity index (χ4n) is 2.79. The van der Waals surface area contributed by atoms with Crippen LogP contribution in [0.25, 0.3) is 11.3 Å². The lowest BCUT2D eigenvalue weighted by molar-refractivity contribution is 0.101. The highest BCUT2D eigenvalue weighted by Crippen LogP contribution is 2.21. The molecule has 0 aliphatic rings. The van der Waals surface area contributed by atoms with E-state index in [1.54, 1.807) is 23.1 Å². The summed E-state index contributed by atoms with van der Waals surface area (Å²) in [7, 11) is 0. The van der Waals surface area contributed by atoms with Gasteiger partial charge in [0.15, 0.2) is 11.5 Å². The van der Waals surface area contributed by atoms with E-state index in [-0.39, 0.29) is 11.6 Å². The lowest BCUT2D eigenvalue weighted by Gasteiger charge is -2.06. The number of rotatable bonds is 5. The van der Waals surface area contributed by atoms with Crippen molar-refractivity contribution >= 4 is 23.2 Å². The first kappa shape index (κ1) is 18.0. The Labute approximate surface area is 166 Å². The van der Waals surface area contributed by atoms with Crippen LogP contribution in [0.5, 0.6) is 0 Å². The van der Waals surface area contributed by atoms with E-state index in [0.717, 1.165) is 16.7 Å². The van der Waals surface area contributed by atoms with Crippen LogP contribution in [-0.2, 0) is 6.54 Å². The fourth-order valence-corrected chi connectivity index (χ4v) is 2.95. The Kier molecular flexibility index (Phi) is 4.95. The van der Waals surface area contributed by atoms with Crippen molar-refractivity contribution in [1.82, 2.24) is 14.9 Å². The molecule has 0 radical (unpaired) electrons. The number of nitrogens with zero attached hydrogens (tertiary/aromatic N) is 3. The smallest absolute Gasteiger partial charge is 0.277 e. The van der Waals surface area contributed by atoms with Crippen LogP contribution in [0.3, 0.4) is 0 Å². The number of benzene rings is 2. The molecule has 2 aromatic heterocycles. The third-order valence-corrected chi connectivity index (χ3v) is 4.41. The molecule has 4 rings (SSSR count). The van der Waals surface area contributed by atoms with E-state index in [4.69, 9.17) is 16.1 Å². The van der Waals surface area contributed by atoms with Gasteiger partial charge in [0.1, 0.15) is 0 Å². The van der Waals surface area contributed by atoms with E-state index in [9.17, 15) is 4.79 Å². The molecule has 0 saturated carbocycles. The summed E-state index contributed by atoms with van der Waals surface area (Å²) in [6, 6.07) is 17.0. The van der Waals surface area contributed by atoms with Crippen molar-refractivity contribution < 1.29 is 9.32 Å². The molecule has 6 nitrogen and oxygen atoms in total. The Hall–Kier alpha value is -3.38. The number of hydrogen-bond donors (Lipinski definition) is 1. The van der Waals surface area contributed by atoms with Crippen LogP contribution in [0, 0.1) is 6.92 Å². The normalized spacial score (nSPS) is 10.8. The van der Waals surface area contributed by atoms with Crippen molar-refractivity contribution in [3.63, 3.8) is 0 Å². The fraction of sp³-hybridized carbons (Fsp3) is 0.0952. The van der Waals surface area contributed by atoms with Crippen molar-refractivity contribution in [2.24, 2.45) is 0 Å². The van der Waals surface area contributed by atoms with E-state index in [2.05, 4.69) is 15.6 Å². The van der Waals surface area contributed by atoms with Crippen molar-refractivity contribution in [1.29, 1.82) is 0 Å². The summed E-state index contributed by atoms with van der Waals surface area (Å²) in [4.78, 5) is 12.5. The first-order valence-corrected chi connectivity index (χ1v) is 9.06. The number of aromatic nitrogens is 3. The molecular weight excluding hydrogens is 376 g/mol. The second kappa shape index (κ2) is 7.70. The van der Waals surface area contributed by atoms with E-state index >= 15 is 0 Å². The Morgan fingerprint density at radius 3 is 2.75 bits per heavy atom. The maximum Gasteiger partial charge on any atom is 0.277 e. The van der Waals surface area contributed by atoms with Gasteiger partial charge in [-0.05, 0) is 24.6 Å². The molecule has 0 spiro atoms. The molecule has 28 heavy (non-hydrogen) atoms. The second-order valence-electron chi connectivity index (χ2n) is 6.45. The van der Waals surface area contributed by atoms with E-state index < -0.39 is 0 Å². The molecule has 0 aliphatic heterocycles. The van der Waals surface area contributed by atoms with Crippen LogP contribution in [0.15, 0.2) is 71.5 Å². The number of aryl methyl sites for hydroxylation is 1. The maximum atomic E-state index is 12.5. The molecule has 0 fully saturated rings. The molecule has 4 aromatic rings. The van der Waals surface area contributed by atoms with Crippen molar-refractivity contribution in [3.05, 3.63) is 88.8 Å². The van der Waals surface area contributed by atoms with Crippen LogP contribution in [0.4, 0.5) is 5.69 Å². The summed E-state index contributed by atoms with van der Waals surface area (Å²) in [5, 5.41) is 11.5. The van der Waals surface area contributed by atoms with Crippen LogP contribution >= 0.6 is 11.6 Å². The molecular formula is C21H17ClN4O2. The quantitative estimate of drug-likeness (QED) is 0.529. The van der Waals surface area contributed by atoms with Crippen molar-refractivity contribution in [3.8, 4) is 11.3 Å². The Morgan fingerprint density at radius 2 is 2.00 bits per heavy atom. The lowest BCUT2D eigenvalue weighted by atomic mass is 10.1. The summed E-state index contributed by atoms with van der Waals surface area (Å²) in [5.41, 5.74) is 3.90. The predicted octanol–water partition coefficient (Wildman–Crippen LogP) is 4.80. The van der Waals surface area contributed by atoms with Gasteiger partial charge in [-0.25, -0.2) is 0 Å². The van der Waals surface area contributed by atoms with Gasteiger partial charge in [0, 0.05) is 23.5 Å². The van der Waals surface area contributed by atoms with Gasteiger partial charge in [0.2, 0.25) is 0 Å². The molecule has 0 aliphatic carbocycles. The molecule has 1 amide bonds. The molecule has 0 bridgehead atoms. The molecule has 1 N–H and O–H groups in total. The molecule has 0 saturated heterocycles. The number of halogens is 1. The highest BCUT2D eigenvalue weighted by Gasteiger charge is 2.14. The average molecular weight is 393 g/mol. The minimum absolute atomic E-state index is 0.222. The Morgan fingerprint density at radius 1 is 1.18 bits per heavy atom. The van der Waals surface area contributed by atoms with E-state index in [0.29, 0.717) is 23.0 Å². The van der Waals surface area contributed by atoms with Crippen molar-refractivity contribution in [2.75, 3.05) is 5.32 Å². The number of carbonyl (C=O) groups excluding carboxylic acids is 1. The zero-order valence-electron chi connectivity index (χ0n) is 15.1. The number of nitrogens with one attached hydrogen (secondary N) is 1. The maximum absolute atomic E-state index is 12.5. The third-order valence-electron chi connectivity index (χ3n) is 4.21. The minimum atomic E-state index is -0.332. The molecule has 2 aromatic carbocycles. The highest BCUT2D eigenvalue weighted by atomic mass is 35.5. The van der Waals surface area contributed by atoms with Gasteiger partial charge in [-0.2, -0.15) is 5.10 Å². The number of carbonyl (C=O) groups is 1. The number of amides is 1. The monoisotopic (exact) mass is 392 g/mol. The Bertz CT molecular complexity index is 1120. The zero-order chi connectivity index (χ0) is 19.5. The highest BCUT2D eigenvalue weighted by molar-refractivity contribution is 6.30. The second-order valence-corrected chi connectivity index (χ2v) is 6.89. The molecule has 2 heterocycles. The predicted molar refractivity (Wildman–Crippen MR) is 107 cm³/mol. The first-order chi connectivity index (χ1) is 13.6. The lowest BCUT2D eigenvalue weighted by Crippen LogP contribution is -2.12. The molecule has 0 atom stereocenters. The molecule has 7 heteroatoms. The molecule has 0 unspecified atom stereocenters. The van der Waals surface area contributed by atoms with E-state index in [1.165, 1.54) is 0 Å². The van der Waals surface area contributed by atoms with Gasteiger partial charge in [-0.1, -0.05) is 58.7 Å². The van der Waals surface area contributed by atoms with Gasteiger partial charge in [0.25, 0.3) is 5.91 Å². The standard InChI is InChI=1S/C21H17ClN4O2/c1-14-5-7-16(8-6-14)20-10-19(25-28-20)21(27)24-18-4-2-3-15(9-18)12-26-13-17(22)11-23-26/h2-11,13H,12H2,1H3,(H,24,27). The van der Waals surface area contributed by atoms with E-state index in [1.807, 2.05) is 55.5 Å². The van der Waals surface area contributed by atoms with Gasteiger partial charge >= 0.3 is 0 Å². The van der Waals surface area contributed by atoms with Gasteiger partial charge in [0.05, 0.1) is 17.8 Å². The summed E-state index contributed by atoms with van der Waals surface area (Å²) >= 11 is 5.89. The summed E-state index contributed by atoms with van der Waals surface area (Å²) in [5.74, 6) is 0.218. The van der Waals surface area contributed by atoms with Gasteiger partial charge in [-0.3, -0.25) is 9.48 Å². The zero-order valence-corrected chi connectivity index (χ0v) is 15.8. The molecule has 140 valence electrons. The van der Waals surface area contributed by atoms with Crippen molar-refractivity contribution in [2.45, 2.75) is 13.5 Å². The summed E-state index contributed by atoms with van der Waals surface area (Å²) in [6.45, 7) is 2.57. The largest absolute Gasteiger partial charge is 0.355 e. The van der Waals surface area contributed by atoms with Crippen LogP contribution in [0.2, 0.25) is 5.02 Å². The number of hydrogen-bond acceptors (Lipinski definition) is 4. The Balaban J connectivity index is 1.46. The summed E-state index contributed by atoms with van der Waals surface area (Å²) in [6.07, 6.45) is 3.33. The first-order valence-electron chi connectivity index (χ1n) is 8.69. The van der Waals surface area contributed by atoms with Crippen LogP contribution in [-0.4, -0.2) is 20.8 Å². The topological polar surface area (TPSA) is 73.0 Å². The van der Waals surface area contributed by atoms with Crippen LogP contribution in [0.1, 0.15) is 21.6 Å². The third kappa shape index (κ3) is 4.13. The average Bonchev–Trinajstić information content (AvgIpc) is 3.32. The number of anilines is 1. The van der Waals surface area contributed by atoms with Crippen LogP contribution < -0.4 is 5.32 Å². The summed E-state index contributed by atoms with van der Waals surface area (Å²) < 4.78 is 7.05. The minimum Gasteiger partial charge on any atom is -0.355 e. The van der Waals surface area contributed by atoms with Gasteiger partial charge in [-0.15, -0.1) is 0 Å². The SMILES string of the molecule is Cc1ccc(-c2cc(C(=O)Nc3cccc(Cn4cc(Cl)cn4)c3)no2)cc1. The van der Waals surface area contributed by atoms with Gasteiger partial charge < -0.3 is 9.84 Å².